The number of carbonyl (C=O) groups is 1. The molecule has 7 nitrogen and oxygen atoms in total. The van der Waals surface area contributed by atoms with Crippen LogP contribution in [0.25, 0.3) is 5.78 Å². The van der Waals surface area contributed by atoms with Crippen LogP contribution in [0, 0.1) is 6.92 Å². The summed E-state index contributed by atoms with van der Waals surface area (Å²) >= 11 is 0. The molecule has 0 aliphatic heterocycles. The molecule has 0 radical (unpaired) electrons. The molecule has 1 aromatic carbocycles. The highest BCUT2D eigenvalue weighted by molar-refractivity contribution is 5.93. The average Bonchev–Trinajstić information content (AvgIpc) is 3.12. The lowest BCUT2D eigenvalue weighted by atomic mass is 9.91. The van der Waals surface area contributed by atoms with Crippen molar-refractivity contribution in [3.05, 3.63) is 59.2 Å². The minimum Gasteiger partial charge on any atom is -0.383 e. The van der Waals surface area contributed by atoms with Gasteiger partial charge in [0, 0.05) is 19.1 Å². The predicted octanol–water partition coefficient (Wildman–Crippen LogP) is 3.41. The maximum Gasteiger partial charge on any atom is 0.273 e. The number of carbonyl (C=O) groups excluding carboxylic acids is 1. The van der Waals surface area contributed by atoms with Gasteiger partial charge in [0.1, 0.15) is 12.0 Å². The zero-order valence-corrected chi connectivity index (χ0v) is 18.0. The summed E-state index contributed by atoms with van der Waals surface area (Å²) in [4.78, 5) is 24.1. The number of hydrogen-bond acceptors (Lipinski definition) is 5. The topological polar surface area (TPSA) is 72.6 Å². The van der Waals surface area contributed by atoms with Crippen molar-refractivity contribution in [3.63, 3.8) is 0 Å². The average molecular weight is 396 g/mol. The van der Waals surface area contributed by atoms with E-state index < -0.39 is 0 Å². The van der Waals surface area contributed by atoms with Gasteiger partial charge < -0.3 is 9.64 Å². The van der Waals surface area contributed by atoms with E-state index in [9.17, 15) is 4.79 Å². The third-order valence-electron chi connectivity index (χ3n) is 4.88. The van der Waals surface area contributed by atoms with Crippen LogP contribution >= 0.6 is 0 Å². The number of ether oxygens (including phenoxy) is 1. The molecule has 0 aliphatic carbocycles. The molecule has 2 heterocycles. The van der Waals surface area contributed by atoms with Gasteiger partial charge in [-0.1, -0.05) is 50.6 Å². The lowest BCUT2D eigenvalue weighted by Gasteiger charge is -2.29. The minimum atomic E-state index is -0.219. The van der Waals surface area contributed by atoms with Gasteiger partial charge in [0.25, 0.3) is 11.7 Å². The molecule has 0 aliphatic rings. The van der Waals surface area contributed by atoms with E-state index in [1.165, 1.54) is 6.33 Å². The van der Waals surface area contributed by atoms with E-state index in [0.29, 0.717) is 24.6 Å². The van der Waals surface area contributed by atoms with Gasteiger partial charge in [-0.25, -0.2) is 9.50 Å². The van der Waals surface area contributed by atoms with Crippen molar-refractivity contribution in [1.29, 1.82) is 0 Å². The highest BCUT2D eigenvalue weighted by atomic mass is 16.5. The van der Waals surface area contributed by atoms with Gasteiger partial charge in [0.15, 0.2) is 0 Å². The number of benzene rings is 1. The summed E-state index contributed by atoms with van der Waals surface area (Å²) in [5, 5.41) is 4.27. The fourth-order valence-corrected chi connectivity index (χ4v) is 3.37. The van der Waals surface area contributed by atoms with Crippen LogP contribution < -0.4 is 0 Å². The van der Waals surface area contributed by atoms with E-state index in [2.05, 4.69) is 41.9 Å². The molecule has 0 spiro atoms. The van der Waals surface area contributed by atoms with E-state index in [1.807, 2.05) is 38.1 Å². The van der Waals surface area contributed by atoms with Crippen molar-refractivity contribution in [2.45, 2.75) is 52.6 Å². The summed E-state index contributed by atoms with van der Waals surface area (Å²) in [6.07, 6.45) is 1.46. The quantitative estimate of drug-likeness (QED) is 0.640. The summed E-state index contributed by atoms with van der Waals surface area (Å²) in [6.45, 7) is 11.2. The Morgan fingerprint density at radius 2 is 2.03 bits per heavy atom. The fourth-order valence-electron chi connectivity index (χ4n) is 3.37. The van der Waals surface area contributed by atoms with Gasteiger partial charge in [0.05, 0.1) is 18.3 Å². The second-order valence-electron chi connectivity index (χ2n) is 8.47. The molecule has 0 fully saturated rings. The van der Waals surface area contributed by atoms with Crippen LogP contribution in [-0.4, -0.2) is 50.1 Å². The minimum absolute atomic E-state index is 0.109. The van der Waals surface area contributed by atoms with Gasteiger partial charge in [0.2, 0.25) is 0 Å². The largest absolute Gasteiger partial charge is 0.383 e. The monoisotopic (exact) mass is 395 g/mol. The van der Waals surface area contributed by atoms with Crippen LogP contribution in [0.2, 0.25) is 0 Å². The van der Waals surface area contributed by atoms with Crippen molar-refractivity contribution in [2.24, 2.45) is 0 Å². The van der Waals surface area contributed by atoms with Crippen LogP contribution in [0.4, 0.5) is 0 Å². The highest BCUT2D eigenvalue weighted by Crippen LogP contribution is 2.24. The van der Waals surface area contributed by atoms with E-state index in [4.69, 9.17) is 4.74 Å². The van der Waals surface area contributed by atoms with Gasteiger partial charge in [-0.3, -0.25) is 4.79 Å². The second kappa shape index (κ2) is 8.29. The first-order valence-electron chi connectivity index (χ1n) is 9.77. The highest BCUT2D eigenvalue weighted by Gasteiger charge is 2.27. The predicted molar refractivity (Wildman–Crippen MR) is 112 cm³/mol. The molecular formula is C22H29N5O2. The van der Waals surface area contributed by atoms with E-state index in [1.54, 1.807) is 16.5 Å². The van der Waals surface area contributed by atoms with Crippen LogP contribution in [0.15, 0.2) is 36.7 Å². The Balaban J connectivity index is 2.03. The molecule has 29 heavy (non-hydrogen) atoms. The molecular weight excluding hydrogens is 366 g/mol. The molecule has 2 aromatic heterocycles. The molecule has 1 amide bonds. The molecule has 0 saturated heterocycles. The van der Waals surface area contributed by atoms with Gasteiger partial charge in [-0.15, -0.1) is 0 Å². The Labute approximate surface area is 171 Å². The number of rotatable bonds is 6. The Bertz CT molecular complexity index is 1010. The Morgan fingerprint density at radius 1 is 1.28 bits per heavy atom. The van der Waals surface area contributed by atoms with Crippen molar-refractivity contribution in [1.82, 2.24) is 24.5 Å². The maximum atomic E-state index is 13.5. The lowest BCUT2D eigenvalue weighted by molar-refractivity contribution is 0.0536. The smallest absolute Gasteiger partial charge is 0.273 e. The number of aryl methyl sites for hydroxylation is 1. The molecule has 0 saturated carbocycles. The van der Waals surface area contributed by atoms with Crippen LogP contribution in [0.1, 0.15) is 55.0 Å². The van der Waals surface area contributed by atoms with Crippen molar-refractivity contribution < 1.29 is 9.53 Å². The Hall–Kier alpha value is -2.80. The summed E-state index contributed by atoms with van der Waals surface area (Å²) < 4.78 is 7.02. The van der Waals surface area contributed by atoms with Crippen molar-refractivity contribution in [2.75, 3.05) is 13.7 Å². The van der Waals surface area contributed by atoms with Crippen LogP contribution in [-0.2, 0) is 16.7 Å². The first-order valence-corrected chi connectivity index (χ1v) is 9.77. The third-order valence-corrected chi connectivity index (χ3v) is 4.88. The van der Waals surface area contributed by atoms with Crippen LogP contribution in [0.5, 0.6) is 0 Å². The molecule has 3 aromatic rings. The van der Waals surface area contributed by atoms with Gasteiger partial charge in [-0.2, -0.15) is 10.1 Å². The molecule has 1 atom stereocenters. The lowest BCUT2D eigenvalue weighted by Crippen LogP contribution is -2.41. The third kappa shape index (κ3) is 4.62. The van der Waals surface area contributed by atoms with Gasteiger partial charge >= 0.3 is 0 Å². The van der Waals surface area contributed by atoms with Crippen LogP contribution in [0.3, 0.4) is 0 Å². The zero-order valence-electron chi connectivity index (χ0n) is 18.0. The first-order chi connectivity index (χ1) is 13.7. The SMILES string of the molecule is COCC(C)N(Cc1cccc(C)c1)C(=O)c1cc(C(C)(C)C)n2ncnc2n1. The van der Waals surface area contributed by atoms with Crippen molar-refractivity contribution in [3.8, 4) is 0 Å². The molecule has 3 rings (SSSR count). The van der Waals surface area contributed by atoms with Gasteiger partial charge in [-0.05, 0) is 25.5 Å². The zero-order chi connectivity index (χ0) is 21.2. The first kappa shape index (κ1) is 20.9. The fraction of sp³-hybridized carbons (Fsp3) is 0.455. The second-order valence-corrected chi connectivity index (χ2v) is 8.47. The maximum absolute atomic E-state index is 13.5. The Kier molecular flexibility index (Phi) is 5.98. The standard InChI is InChI=1S/C22H29N5O2/c1-15-8-7-9-17(10-15)12-26(16(2)13-29-6)20(28)18-11-19(22(3,4)5)27-21(25-18)23-14-24-27/h7-11,14,16H,12-13H2,1-6H3. The number of hydrogen-bond donors (Lipinski definition) is 0. The number of nitrogens with zero attached hydrogens (tertiary/aromatic N) is 5. The summed E-state index contributed by atoms with van der Waals surface area (Å²) in [6, 6.07) is 9.89. The molecule has 7 heteroatoms. The van der Waals surface area contributed by atoms with E-state index in [-0.39, 0.29) is 17.4 Å². The molecule has 154 valence electrons. The molecule has 0 bridgehead atoms. The van der Waals surface area contributed by atoms with E-state index in [0.717, 1.165) is 16.8 Å². The summed E-state index contributed by atoms with van der Waals surface area (Å²) in [5.74, 6) is 0.280. The summed E-state index contributed by atoms with van der Waals surface area (Å²) in [7, 11) is 1.64. The number of aromatic nitrogens is 4. The normalized spacial score (nSPS) is 12.9. The molecule has 0 N–H and O–H groups in total. The Morgan fingerprint density at radius 3 is 2.69 bits per heavy atom. The summed E-state index contributed by atoms with van der Waals surface area (Å²) in [5.41, 5.74) is 3.26. The number of amides is 1. The van der Waals surface area contributed by atoms with Crippen molar-refractivity contribution >= 4 is 11.7 Å². The number of fused-ring (bicyclic) bond motifs is 1. The number of methoxy groups -OCH3 is 1. The van der Waals surface area contributed by atoms with E-state index >= 15 is 0 Å². The molecule has 1 unspecified atom stereocenters.